The number of carbonyl (C=O) groups is 1. The number of carbonyl (C=O) groups excluding carboxylic acids is 1. The maximum Gasteiger partial charge on any atom is 0.245 e. The Bertz CT molecular complexity index is 1030. The van der Waals surface area contributed by atoms with E-state index in [-0.39, 0.29) is 11.9 Å². The molecule has 0 bridgehead atoms. The highest BCUT2D eigenvalue weighted by Gasteiger charge is 2.28. The minimum Gasteiger partial charge on any atom is -0.497 e. The zero-order valence-corrected chi connectivity index (χ0v) is 18.4. The Labute approximate surface area is 188 Å². The van der Waals surface area contributed by atoms with E-state index in [4.69, 9.17) is 9.47 Å². The van der Waals surface area contributed by atoms with Gasteiger partial charge in [0, 0.05) is 43.0 Å². The summed E-state index contributed by atoms with van der Waals surface area (Å²) in [5, 5.41) is 7.01. The molecule has 0 saturated carbocycles. The molecule has 0 unspecified atom stereocenters. The molecule has 0 aromatic heterocycles. The molecule has 3 aliphatic rings. The number of aliphatic imine (C=N–C) groups is 1. The molecule has 0 atom stereocenters. The Morgan fingerprint density at radius 2 is 1.97 bits per heavy atom. The van der Waals surface area contributed by atoms with E-state index in [0.29, 0.717) is 31.3 Å². The lowest BCUT2D eigenvalue weighted by Gasteiger charge is -2.36. The van der Waals surface area contributed by atoms with E-state index < -0.39 is 0 Å². The summed E-state index contributed by atoms with van der Waals surface area (Å²) in [4.78, 5) is 20.0. The van der Waals surface area contributed by atoms with Crippen LogP contribution in [0, 0.1) is 12.0 Å². The number of ether oxygens (including phenoxy) is 2. The summed E-state index contributed by atoms with van der Waals surface area (Å²) in [5.74, 6) is 5.51. The van der Waals surface area contributed by atoms with Crippen molar-refractivity contribution in [3.63, 3.8) is 0 Å². The first-order valence-electron chi connectivity index (χ1n) is 10.5. The van der Waals surface area contributed by atoms with Gasteiger partial charge in [0.2, 0.25) is 5.91 Å². The third-order valence-electron chi connectivity index (χ3n) is 5.66. The quantitative estimate of drug-likeness (QED) is 0.545. The van der Waals surface area contributed by atoms with Crippen LogP contribution in [0.5, 0.6) is 11.5 Å². The van der Waals surface area contributed by atoms with Crippen LogP contribution in [0.25, 0.3) is 0 Å². The number of nitrogens with zero attached hydrogens (tertiary/aromatic N) is 3. The minimum atomic E-state index is -0.0123. The van der Waals surface area contributed by atoms with E-state index in [1.807, 2.05) is 40.4 Å². The molecule has 1 aromatic carbocycles. The summed E-state index contributed by atoms with van der Waals surface area (Å²) in [5.41, 5.74) is 2.76. The van der Waals surface area contributed by atoms with Crippen LogP contribution < -0.4 is 20.1 Å². The van der Waals surface area contributed by atoms with Gasteiger partial charge in [-0.2, -0.15) is 0 Å². The highest BCUT2D eigenvalue weighted by Crippen LogP contribution is 2.24. The van der Waals surface area contributed by atoms with Crippen LogP contribution in [0.4, 0.5) is 0 Å². The lowest BCUT2D eigenvalue weighted by molar-refractivity contribution is -0.127. The molecule has 3 aliphatic heterocycles. The van der Waals surface area contributed by atoms with Crippen molar-refractivity contribution in [2.45, 2.75) is 18.9 Å². The average molecular weight is 434 g/mol. The molecule has 1 aromatic rings. The zero-order chi connectivity index (χ0) is 22.5. The third kappa shape index (κ3) is 4.57. The second kappa shape index (κ2) is 9.52. The summed E-state index contributed by atoms with van der Waals surface area (Å²) in [6.07, 6.45) is 6.74. The third-order valence-corrected chi connectivity index (χ3v) is 5.66. The van der Waals surface area contributed by atoms with Crippen molar-refractivity contribution in [1.29, 1.82) is 0 Å². The molecule has 1 saturated heterocycles. The smallest absolute Gasteiger partial charge is 0.245 e. The van der Waals surface area contributed by atoms with E-state index in [9.17, 15) is 4.79 Å². The van der Waals surface area contributed by atoms with Gasteiger partial charge in [-0.25, -0.2) is 0 Å². The van der Waals surface area contributed by atoms with Crippen LogP contribution >= 0.6 is 0 Å². The lowest BCUT2D eigenvalue weighted by atomic mass is 10.0. The fourth-order valence-corrected chi connectivity index (χ4v) is 3.87. The van der Waals surface area contributed by atoms with Crippen LogP contribution in [0.15, 0.2) is 59.1 Å². The summed E-state index contributed by atoms with van der Waals surface area (Å²) in [6, 6.07) is 9.06. The maximum absolute atomic E-state index is 11.9. The topological polar surface area (TPSA) is 78.4 Å². The van der Waals surface area contributed by atoms with E-state index in [2.05, 4.69) is 34.2 Å². The Morgan fingerprint density at radius 1 is 1.25 bits per heavy atom. The van der Waals surface area contributed by atoms with Crippen molar-refractivity contribution in [2.75, 3.05) is 34.0 Å². The van der Waals surface area contributed by atoms with Crippen LogP contribution in [0.3, 0.4) is 0 Å². The van der Waals surface area contributed by atoms with E-state index in [0.717, 1.165) is 35.5 Å². The monoisotopic (exact) mass is 433 g/mol. The zero-order valence-electron chi connectivity index (χ0n) is 18.4. The molecule has 166 valence electrons. The molecule has 3 heterocycles. The number of likely N-dealkylation sites (tertiary alicyclic amines) is 1. The predicted molar refractivity (Wildman–Crippen MR) is 123 cm³/mol. The molecule has 1 fully saturated rings. The molecule has 1 amide bonds. The van der Waals surface area contributed by atoms with Gasteiger partial charge in [0.25, 0.3) is 0 Å². The van der Waals surface area contributed by atoms with Crippen LogP contribution in [0.1, 0.15) is 18.4 Å². The average Bonchev–Trinajstić information content (AvgIpc) is 3.32. The van der Waals surface area contributed by atoms with Crippen molar-refractivity contribution >= 4 is 12.1 Å². The molecule has 8 heteroatoms. The van der Waals surface area contributed by atoms with Gasteiger partial charge in [0.1, 0.15) is 24.0 Å². The van der Waals surface area contributed by atoms with Gasteiger partial charge in [-0.1, -0.05) is 6.58 Å². The number of hydrogen-bond acceptors (Lipinski definition) is 7. The molecule has 0 aliphatic carbocycles. The number of nitrogens with one attached hydrogen (secondary N) is 2. The van der Waals surface area contributed by atoms with Crippen LogP contribution in [-0.4, -0.2) is 61.9 Å². The van der Waals surface area contributed by atoms with E-state index in [1.54, 1.807) is 14.2 Å². The number of allylic oxidation sites excluding steroid dienone is 1. The predicted octanol–water partition coefficient (Wildman–Crippen LogP) is 1.78. The van der Waals surface area contributed by atoms with Crippen LogP contribution in [0.2, 0.25) is 0 Å². The van der Waals surface area contributed by atoms with Gasteiger partial charge in [0.15, 0.2) is 0 Å². The first-order valence-corrected chi connectivity index (χ1v) is 10.5. The fourth-order valence-electron chi connectivity index (χ4n) is 3.87. The molecule has 8 nitrogen and oxygen atoms in total. The van der Waals surface area contributed by atoms with Crippen molar-refractivity contribution < 1.29 is 14.3 Å². The lowest BCUT2D eigenvalue weighted by Crippen LogP contribution is -2.48. The molecule has 0 radical (unpaired) electrons. The standard InChI is InChI=1S/C24H27N5O3/c1-4-23(30)28-9-6-18(7-10-28)27-24-21-14-25-15-22(21)26-16-29(24)8-5-17-11-19(31-2)13-20(12-17)32-3/h4,11-15,18,26-27H,1,6-7,9-10,16H2,2-3H3. The summed E-state index contributed by atoms with van der Waals surface area (Å²) >= 11 is 0. The first-order chi connectivity index (χ1) is 15.6. The second-order valence-electron chi connectivity index (χ2n) is 7.63. The SMILES string of the molecule is C=CC(=O)N1CCC(NC2=C3C=NC=C3NCN2C#Cc2cc(OC)cc(OC)c2)CC1. The minimum absolute atomic E-state index is 0.0123. The van der Waals surface area contributed by atoms with Crippen LogP contribution in [-0.2, 0) is 4.79 Å². The van der Waals surface area contributed by atoms with Gasteiger partial charge in [-0.15, -0.1) is 0 Å². The van der Waals surface area contributed by atoms with Gasteiger partial charge in [-0.3, -0.25) is 14.7 Å². The molecule has 32 heavy (non-hydrogen) atoms. The molecular formula is C24H27N5O3. The Kier molecular flexibility index (Phi) is 6.36. The number of hydrogen-bond donors (Lipinski definition) is 2. The molecule has 4 rings (SSSR count). The number of fused-ring (bicyclic) bond motifs is 1. The molecule has 0 spiro atoms. The molecule has 2 N–H and O–H groups in total. The second-order valence-corrected chi connectivity index (χ2v) is 7.63. The summed E-state index contributed by atoms with van der Waals surface area (Å²) < 4.78 is 10.7. The largest absolute Gasteiger partial charge is 0.497 e. The van der Waals surface area contributed by atoms with E-state index >= 15 is 0 Å². The van der Waals surface area contributed by atoms with Crippen molar-refractivity contribution in [1.82, 2.24) is 20.4 Å². The number of methoxy groups -OCH3 is 2. The Morgan fingerprint density at radius 3 is 2.62 bits per heavy atom. The fraction of sp³-hybridized carbons (Fsp3) is 0.333. The number of piperidine rings is 1. The van der Waals surface area contributed by atoms with Gasteiger partial charge < -0.3 is 25.0 Å². The number of amides is 1. The van der Waals surface area contributed by atoms with E-state index in [1.165, 1.54) is 6.08 Å². The summed E-state index contributed by atoms with van der Waals surface area (Å²) in [7, 11) is 3.24. The van der Waals surface area contributed by atoms with Gasteiger partial charge >= 0.3 is 0 Å². The highest BCUT2D eigenvalue weighted by atomic mass is 16.5. The normalized spacial score (nSPS) is 17.6. The number of benzene rings is 1. The number of rotatable bonds is 5. The Hall–Kier alpha value is -3.86. The van der Waals surface area contributed by atoms with Crippen molar-refractivity contribution in [3.05, 3.63) is 59.7 Å². The van der Waals surface area contributed by atoms with Gasteiger partial charge in [0.05, 0.1) is 31.7 Å². The first kappa shape index (κ1) is 21.4. The summed E-state index contributed by atoms with van der Waals surface area (Å²) in [6.45, 7) is 5.52. The van der Waals surface area contributed by atoms with Crippen molar-refractivity contribution in [2.24, 2.45) is 4.99 Å². The maximum atomic E-state index is 11.9. The highest BCUT2D eigenvalue weighted by molar-refractivity contribution is 5.89. The molecular weight excluding hydrogens is 406 g/mol. The Balaban J connectivity index is 1.55. The van der Waals surface area contributed by atoms with Gasteiger partial charge in [-0.05, 0) is 37.0 Å². The van der Waals surface area contributed by atoms with Crippen molar-refractivity contribution in [3.8, 4) is 23.5 Å².